The predicted octanol–water partition coefficient (Wildman–Crippen LogP) is 3.52. The van der Waals surface area contributed by atoms with Crippen molar-refractivity contribution in [2.45, 2.75) is 43.0 Å². The van der Waals surface area contributed by atoms with Gasteiger partial charge in [0.15, 0.2) is 0 Å². The number of benzene rings is 1. The SMILES string of the molecule is OCCCSc1ccc(NC2CCCC2)cc1. The molecule has 2 nitrogen and oxygen atoms in total. The number of nitrogens with one attached hydrogen (secondary N) is 1. The fourth-order valence-electron chi connectivity index (χ4n) is 2.21. The van der Waals surface area contributed by atoms with Gasteiger partial charge in [-0.2, -0.15) is 0 Å². The Labute approximate surface area is 108 Å². The van der Waals surface area contributed by atoms with E-state index in [0.29, 0.717) is 6.04 Å². The number of aliphatic hydroxyl groups excluding tert-OH is 1. The molecule has 0 radical (unpaired) electrons. The van der Waals surface area contributed by atoms with Gasteiger partial charge in [0, 0.05) is 29.0 Å². The number of aliphatic hydroxyl groups is 1. The van der Waals surface area contributed by atoms with Crippen molar-refractivity contribution in [2.75, 3.05) is 17.7 Å². The van der Waals surface area contributed by atoms with E-state index >= 15 is 0 Å². The number of hydrogen-bond acceptors (Lipinski definition) is 3. The first kappa shape index (κ1) is 12.8. The van der Waals surface area contributed by atoms with Crippen molar-refractivity contribution < 1.29 is 5.11 Å². The molecule has 1 aliphatic carbocycles. The number of thioether (sulfide) groups is 1. The van der Waals surface area contributed by atoms with Crippen molar-refractivity contribution in [3.8, 4) is 0 Å². The summed E-state index contributed by atoms with van der Waals surface area (Å²) in [5, 5.41) is 12.3. The first-order valence-corrected chi connectivity index (χ1v) is 7.47. The smallest absolute Gasteiger partial charge is 0.0439 e. The van der Waals surface area contributed by atoms with Gasteiger partial charge in [0.1, 0.15) is 0 Å². The van der Waals surface area contributed by atoms with Gasteiger partial charge in [0.2, 0.25) is 0 Å². The second-order valence-electron chi connectivity index (χ2n) is 4.58. The number of anilines is 1. The molecule has 0 atom stereocenters. The van der Waals surface area contributed by atoms with Gasteiger partial charge in [-0.3, -0.25) is 0 Å². The average molecular weight is 251 g/mol. The Morgan fingerprint density at radius 3 is 2.53 bits per heavy atom. The van der Waals surface area contributed by atoms with E-state index in [2.05, 4.69) is 29.6 Å². The molecule has 1 aromatic carbocycles. The van der Waals surface area contributed by atoms with E-state index < -0.39 is 0 Å². The van der Waals surface area contributed by atoms with Crippen molar-refractivity contribution in [3.05, 3.63) is 24.3 Å². The van der Waals surface area contributed by atoms with Crippen LogP contribution in [0, 0.1) is 0 Å². The van der Waals surface area contributed by atoms with Crippen LogP contribution in [0.2, 0.25) is 0 Å². The highest BCUT2D eigenvalue weighted by molar-refractivity contribution is 7.99. The molecular formula is C14H21NOS. The Morgan fingerprint density at radius 1 is 1.18 bits per heavy atom. The minimum atomic E-state index is 0.286. The topological polar surface area (TPSA) is 32.3 Å². The van der Waals surface area contributed by atoms with E-state index in [-0.39, 0.29) is 6.61 Å². The Morgan fingerprint density at radius 2 is 1.88 bits per heavy atom. The number of rotatable bonds is 6. The lowest BCUT2D eigenvalue weighted by molar-refractivity contribution is 0.296. The van der Waals surface area contributed by atoms with Crippen LogP contribution in [-0.4, -0.2) is 23.5 Å². The van der Waals surface area contributed by atoms with E-state index in [0.717, 1.165) is 12.2 Å². The van der Waals surface area contributed by atoms with Crippen molar-refractivity contribution in [3.63, 3.8) is 0 Å². The Hall–Kier alpha value is -0.670. The molecule has 0 heterocycles. The summed E-state index contributed by atoms with van der Waals surface area (Å²) >= 11 is 1.81. The summed E-state index contributed by atoms with van der Waals surface area (Å²) in [6.45, 7) is 0.286. The van der Waals surface area contributed by atoms with Crippen LogP contribution < -0.4 is 5.32 Å². The van der Waals surface area contributed by atoms with Crippen LogP contribution >= 0.6 is 11.8 Å². The Bertz CT molecular complexity index is 319. The molecule has 0 bridgehead atoms. The van der Waals surface area contributed by atoms with Gasteiger partial charge in [-0.15, -0.1) is 11.8 Å². The van der Waals surface area contributed by atoms with Crippen LogP contribution in [0.15, 0.2) is 29.2 Å². The average Bonchev–Trinajstić information content (AvgIpc) is 2.85. The summed E-state index contributed by atoms with van der Waals surface area (Å²) in [7, 11) is 0. The maximum atomic E-state index is 8.72. The van der Waals surface area contributed by atoms with Crippen molar-refractivity contribution in [2.24, 2.45) is 0 Å². The molecule has 2 N–H and O–H groups in total. The molecule has 0 unspecified atom stereocenters. The second kappa shape index (κ2) is 6.92. The van der Waals surface area contributed by atoms with Crippen LogP contribution in [0.1, 0.15) is 32.1 Å². The third kappa shape index (κ3) is 4.25. The van der Waals surface area contributed by atoms with Gasteiger partial charge in [0.25, 0.3) is 0 Å². The molecule has 0 saturated heterocycles. The summed E-state index contributed by atoms with van der Waals surface area (Å²) in [6, 6.07) is 9.35. The zero-order valence-electron chi connectivity index (χ0n) is 10.2. The van der Waals surface area contributed by atoms with Crippen LogP contribution in [-0.2, 0) is 0 Å². The van der Waals surface area contributed by atoms with E-state index in [1.54, 1.807) is 0 Å². The molecule has 94 valence electrons. The van der Waals surface area contributed by atoms with Gasteiger partial charge in [-0.05, 0) is 43.5 Å². The quantitative estimate of drug-likeness (QED) is 0.599. The third-order valence-electron chi connectivity index (χ3n) is 3.15. The summed E-state index contributed by atoms with van der Waals surface area (Å²) < 4.78 is 0. The summed E-state index contributed by atoms with van der Waals surface area (Å²) in [5.74, 6) is 0.992. The highest BCUT2D eigenvalue weighted by Crippen LogP contribution is 2.24. The van der Waals surface area contributed by atoms with Crippen molar-refractivity contribution in [1.29, 1.82) is 0 Å². The molecule has 0 spiro atoms. The highest BCUT2D eigenvalue weighted by Gasteiger charge is 2.13. The minimum absolute atomic E-state index is 0.286. The molecule has 0 aliphatic heterocycles. The molecule has 1 aromatic rings. The zero-order chi connectivity index (χ0) is 11.9. The maximum absolute atomic E-state index is 8.72. The van der Waals surface area contributed by atoms with Crippen LogP contribution in [0.25, 0.3) is 0 Å². The molecule has 1 saturated carbocycles. The molecule has 3 heteroatoms. The number of hydrogen-bond donors (Lipinski definition) is 2. The van der Waals surface area contributed by atoms with Gasteiger partial charge in [0.05, 0.1) is 0 Å². The predicted molar refractivity (Wildman–Crippen MR) is 74.7 cm³/mol. The molecule has 1 fully saturated rings. The summed E-state index contributed by atoms with van der Waals surface area (Å²) in [5.41, 5.74) is 1.24. The second-order valence-corrected chi connectivity index (χ2v) is 5.74. The Balaban J connectivity index is 1.80. The van der Waals surface area contributed by atoms with Crippen LogP contribution in [0.5, 0.6) is 0 Å². The molecular weight excluding hydrogens is 230 g/mol. The lowest BCUT2D eigenvalue weighted by Gasteiger charge is -2.13. The maximum Gasteiger partial charge on any atom is 0.0439 e. The molecule has 2 rings (SSSR count). The fourth-order valence-corrected chi connectivity index (χ4v) is 3.05. The van der Waals surface area contributed by atoms with Gasteiger partial charge >= 0.3 is 0 Å². The van der Waals surface area contributed by atoms with Gasteiger partial charge in [-0.25, -0.2) is 0 Å². The molecule has 17 heavy (non-hydrogen) atoms. The normalized spacial score (nSPS) is 16.3. The van der Waals surface area contributed by atoms with E-state index in [1.165, 1.54) is 36.3 Å². The largest absolute Gasteiger partial charge is 0.396 e. The molecule has 1 aliphatic rings. The van der Waals surface area contributed by atoms with Crippen molar-refractivity contribution >= 4 is 17.4 Å². The monoisotopic (exact) mass is 251 g/mol. The molecule has 0 amide bonds. The van der Waals surface area contributed by atoms with Gasteiger partial charge in [-0.1, -0.05) is 12.8 Å². The van der Waals surface area contributed by atoms with Crippen LogP contribution in [0.4, 0.5) is 5.69 Å². The zero-order valence-corrected chi connectivity index (χ0v) is 11.0. The van der Waals surface area contributed by atoms with Crippen molar-refractivity contribution in [1.82, 2.24) is 0 Å². The van der Waals surface area contributed by atoms with E-state index in [1.807, 2.05) is 11.8 Å². The summed E-state index contributed by atoms with van der Waals surface area (Å²) in [4.78, 5) is 1.29. The lowest BCUT2D eigenvalue weighted by atomic mass is 10.2. The van der Waals surface area contributed by atoms with E-state index in [9.17, 15) is 0 Å². The van der Waals surface area contributed by atoms with Gasteiger partial charge < -0.3 is 10.4 Å². The van der Waals surface area contributed by atoms with E-state index in [4.69, 9.17) is 5.11 Å². The molecule has 0 aromatic heterocycles. The first-order chi connectivity index (χ1) is 8.38. The standard InChI is InChI=1S/C14H21NOS/c16-10-3-11-17-14-8-6-13(7-9-14)15-12-4-1-2-5-12/h6-9,12,15-16H,1-5,10-11H2. The highest BCUT2D eigenvalue weighted by atomic mass is 32.2. The first-order valence-electron chi connectivity index (χ1n) is 6.49. The summed E-state index contributed by atoms with van der Waals surface area (Å²) in [6.07, 6.45) is 6.23. The minimum Gasteiger partial charge on any atom is -0.396 e. The van der Waals surface area contributed by atoms with Crippen LogP contribution in [0.3, 0.4) is 0 Å². The third-order valence-corrected chi connectivity index (χ3v) is 4.25. The lowest BCUT2D eigenvalue weighted by Crippen LogP contribution is -2.14. The Kier molecular flexibility index (Phi) is 5.20. The fraction of sp³-hybridized carbons (Fsp3) is 0.571.